The number of halogens is 1. The average molecular weight is 485 g/mol. The van der Waals surface area contributed by atoms with Crippen LogP contribution in [0.4, 0.5) is 4.39 Å². The Kier molecular flexibility index (Phi) is 11.0. The van der Waals surface area contributed by atoms with Gasteiger partial charge in [0.25, 0.3) is 0 Å². The molecule has 6 nitrogen and oxygen atoms in total. The molecule has 0 aliphatic heterocycles. The molecule has 0 spiro atoms. The zero-order valence-electron chi connectivity index (χ0n) is 20.7. The molecular weight excluding hydrogens is 451 g/mol. The quantitative estimate of drug-likeness (QED) is 0.135. The van der Waals surface area contributed by atoms with Crippen molar-refractivity contribution >= 4 is 5.97 Å². The molecule has 0 saturated carbocycles. The Labute approximate surface area is 206 Å². The van der Waals surface area contributed by atoms with Crippen LogP contribution in [-0.2, 0) is 14.3 Å². The lowest BCUT2D eigenvalue weighted by atomic mass is 10.0. The Morgan fingerprint density at radius 3 is 2.17 bits per heavy atom. The van der Waals surface area contributed by atoms with Gasteiger partial charge in [0.2, 0.25) is 0 Å². The summed E-state index contributed by atoms with van der Waals surface area (Å²) in [5.41, 5.74) is 3.26. The molecule has 2 aromatic carbocycles. The SMILES string of the molecule is C=C(C)COCCOc1ccc(-c2ccc(OCC(=C)C)c(F)c2)c(OCCOC(=O)C(=C)C)c1. The van der Waals surface area contributed by atoms with Crippen LogP contribution < -0.4 is 14.2 Å². The van der Waals surface area contributed by atoms with Crippen molar-refractivity contribution in [2.45, 2.75) is 20.8 Å². The van der Waals surface area contributed by atoms with Crippen LogP contribution in [-0.4, -0.2) is 45.6 Å². The van der Waals surface area contributed by atoms with Gasteiger partial charge in [-0.1, -0.05) is 31.4 Å². The topological polar surface area (TPSA) is 63.2 Å². The largest absolute Gasteiger partial charge is 0.491 e. The molecule has 0 bridgehead atoms. The van der Waals surface area contributed by atoms with Gasteiger partial charge >= 0.3 is 5.97 Å². The van der Waals surface area contributed by atoms with Crippen LogP contribution in [0.3, 0.4) is 0 Å². The summed E-state index contributed by atoms with van der Waals surface area (Å²) in [6.07, 6.45) is 0. The maximum absolute atomic E-state index is 14.7. The molecule has 0 amide bonds. The Hall–Kier alpha value is -3.58. The van der Waals surface area contributed by atoms with Gasteiger partial charge in [-0.25, -0.2) is 9.18 Å². The molecule has 0 saturated heterocycles. The van der Waals surface area contributed by atoms with E-state index in [-0.39, 0.29) is 25.6 Å². The minimum absolute atomic E-state index is 0.0347. The molecule has 188 valence electrons. The second-order valence-electron chi connectivity index (χ2n) is 8.17. The van der Waals surface area contributed by atoms with Crippen molar-refractivity contribution in [3.8, 4) is 28.4 Å². The van der Waals surface area contributed by atoms with E-state index in [9.17, 15) is 9.18 Å². The van der Waals surface area contributed by atoms with Crippen LogP contribution >= 0.6 is 0 Å². The van der Waals surface area contributed by atoms with Gasteiger partial charge in [-0.2, -0.15) is 0 Å². The summed E-state index contributed by atoms with van der Waals surface area (Å²) in [7, 11) is 0. The number of rotatable bonds is 15. The summed E-state index contributed by atoms with van der Waals surface area (Å²) in [5.74, 6) is 0.157. The van der Waals surface area contributed by atoms with Gasteiger partial charge in [0.1, 0.15) is 37.9 Å². The lowest BCUT2D eigenvalue weighted by molar-refractivity contribution is -0.139. The van der Waals surface area contributed by atoms with E-state index in [1.165, 1.54) is 6.07 Å². The molecule has 0 fully saturated rings. The summed E-state index contributed by atoms with van der Waals surface area (Å²) >= 11 is 0. The number of esters is 1. The number of benzene rings is 2. The molecule has 7 heteroatoms. The number of ether oxygens (including phenoxy) is 5. The third-order valence-corrected chi connectivity index (χ3v) is 4.44. The monoisotopic (exact) mass is 484 g/mol. The van der Waals surface area contributed by atoms with E-state index in [1.807, 2.05) is 6.92 Å². The molecule has 0 atom stereocenters. The fourth-order valence-corrected chi connectivity index (χ4v) is 2.81. The van der Waals surface area contributed by atoms with E-state index < -0.39 is 11.8 Å². The summed E-state index contributed by atoms with van der Waals surface area (Å²) in [6, 6.07) is 9.94. The molecule has 35 heavy (non-hydrogen) atoms. The van der Waals surface area contributed by atoms with Crippen molar-refractivity contribution in [2.75, 3.05) is 39.6 Å². The molecule has 2 rings (SSSR count). The molecular formula is C28H33FO6. The number of carbonyl (C=O) groups excluding carboxylic acids is 1. The van der Waals surface area contributed by atoms with E-state index in [0.717, 1.165) is 11.1 Å². The van der Waals surface area contributed by atoms with Crippen molar-refractivity contribution in [2.24, 2.45) is 0 Å². The van der Waals surface area contributed by atoms with Crippen LogP contribution in [0.5, 0.6) is 17.2 Å². The van der Waals surface area contributed by atoms with Gasteiger partial charge in [-0.15, -0.1) is 0 Å². The van der Waals surface area contributed by atoms with Crippen LogP contribution in [0.25, 0.3) is 11.1 Å². The highest BCUT2D eigenvalue weighted by Gasteiger charge is 2.13. The zero-order chi connectivity index (χ0) is 25.8. The van der Waals surface area contributed by atoms with E-state index in [0.29, 0.717) is 48.0 Å². The summed E-state index contributed by atoms with van der Waals surface area (Å²) in [6.45, 7) is 17.9. The minimum atomic E-state index is -0.500. The van der Waals surface area contributed by atoms with Crippen molar-refractivity contribution in [1.82, 2.24) is 0 Å². The third-order valence-electron chi connectivity index (χ3n) is 4.44. The first-order valence-corrected chi connectivity index (χ1v) is 11.2. The number of hydrogen-bond donors (Lipinski definition) is 0. The Morgan fingerprint density at radius 2 is 1.51 bits per heavy atom. The number of carbonyl (C=O) groups is 1. The second-order valence-corrected chi connectivity index (χ2v) is 8.17. The van der Waals surface area contributed by atoms with Crippen molar-refractivity contribution < 1.29 is 32.9 Å². The van der Waals surface area contributed by atoms with Crippen LogP contribution in [0.2, 0.25) is 0 Å². The Bertz CT molecular complexity index is 1060. The van der Waals surface area contributed by atoms with Crippen LogP contribution in [0, 0.1) is 5.82 Å². The standard InChI is InChI=1S/C28H33FO6/c1-19(2)17-31-11-12-32-23-8-9-24(27(16-23)33-13-14-34-28(30)21(5)6)22-7-10-26(25(29)15-22)35-18-20(3)4/h7-10,15-16H,1,3,5,11-14,17-18H2,2,4,6H3. The van der Waals surface area contributed by atoms with Gasteiger partial charge < -0.3 is 23.7 Å². The van der Waals surface area contributed by atoms with Gasteiger partial charge in [-0.3, -0.25) is 0 Å². The average Bonchev–Trinajstić information content (AvgIpc) is 2.80. The first-order chi connectivity index (χ1) is 16.7. The van der Waals surface area contributed by atoms with Crippen molar-refractivity contribution in [3.05, 3.63) is 78.7 Å². The third kappa shape index (κ3) is 9.66. The van der Waals surface area contributed by atoms with E-state index in [2.05, 4.69) is 19.7 Å². The summed E-state index contributed by atoms with van der Waals surface area (Å²) in [5, 5.41) is 0. The van der Waals surface area contributed by atoms with Gasteiger partial charge in [-0.05, 0) is 56.2 Å². The normalized spacial score (nSPS) is 10.4. The van der Waals surface area contributed by atoms with E-state index >= 15 is 0 Å². The molecule has 0 aliphatic rings. The first-order valence-electron chi connectivity index (χ1n) is 11.2. The van der Waals surface area contributed by atoms with Gasteiger partial charge in [0, 0.05) is 17.2 Å². The fraction of sp³-hybridized carbons (Fsp3) is 0.321. The van der Waals surface area contributed by atoms with Crippen molar-refractivity contribution in [1.29, 1.82) is 0 Å². The Morgan fingerprint density at radius 1 is 0.800 bits per heavy atom. The highest BCUT2D eigenvalue weighted by atomic mass is 19.1. The van der Waals surface area contributed by atoms with Crippen molar-refractivity contribution in [3.63, 3.8) is 0 Å². The molecule has 0 aromatic heterocycles. The van der Waals surface area contributed by atoms with Gasteiger partial charge in [0.15, 0.2) is 11.6 Å². The highest BCUT2D eigenvalue weighted by molar-refractivity contribution is 5.86. The zero-order valence-corrected chi connectivity index (χ0v) is 20.7. The van der Waals surface area contributed by atoms with Gasteiger partial charge in [0.05, 0.1) is 13.2 Å². The molecule has 0 heterocycles. The minimum Gasteiger partial charge on any atom is -0.491 e. The van der Waals surface area contributed by atoms with E-state index in [4.69, 9.17) is 23.7 Å². The predicted molar refractivity (Wildman–Crippen MR) is 135 cm³/mol. The highest BCUT2D eigenvalue weighted by Crippen LogP contribution is 2.35. The lowest BCUT2D eigenvalue weighted by Gasteiger charge is -2.15. The predicted octanol–water partition coefficient (Wildman–Crippen LogP) is 5.92. The molecule has 0 unspecified atom stereocenters. The lowest BCUT2D eigenvalue weighted by Crippen LogP contribution is -2.13. The maximum Gasteiger partial charge on any atom is 0.333 e. The fourth-order valence-electron chi connectivity index (χ4n) is 2.81. The Balaban J connectivity index is 2.17. The first kappa shape index (κ1) is 27.7. The summed E-state index contributed by atoms with van der Waals surface area (Å²) < 4.78 is 42.3. The smallest absolute Gasteiger partial charge is 0.333 e. The second kappa shape index (κ2) is 14.0. The van der Waals surface area contributed by atoms with E-state index in [1.54, 1.807) is 44.2 Å². The van der Waals surface area contributed by atoms with Crippen LogP contribution in [0.15, 0.2) is 72.9 Å². The number of hydrogen-bond acceptors (Lipinski definition) is 6. The van der Waals surface area contributed by atoms with Crippen LogP contribution in [0.1, 0.15) is 20.8 Å². The molecule has 0 N–H and O–H groups in total. The maximum atomic E-state index is 14.7. The molecule has 0 radical (unpaired) electrons. The summed E-state index contributed by atoms with van der Waals surface area (Å²) in [4.78, 5) is 11.6. The molecule has 2 aromatic rings. The molecule has 0 aliphatic carbocycles.